The van der Waals surface area contributed by atoms with Gasteiger partial charge in [0.2, 0.25) is 0 Å². The quantitative estimate of drug-likeness (QED) is 0.767. The average Bonchev–Trinajstić information content (AvgIpc) is 2.29. The van der Waals surface area contributed by atoms with E-state index >= 15 is 0 Å². The lowest BCUT2D eigenvalue weighted by Gasteiger charge is -2.01. The van der Waals surface area contributed by atoms with Gasteiger partial charge in [0.15, 0.2) is 0 Å². The number of hydrogen-bond acceptors (Lipinski definition) is 3. The van der Waals surface area contributed by atoms with Crippen LogP contribution in [-0.2, 0) is 0 Å². The Bertz CT molecular complexity index is 272. The smallest absolute Gasteiger partial charge is 0.0695 e. The van der Waals surface area contributed by atoms with Gasteiger partial charge in [-0.3, -0.25) is 0 Å². The van der Waals surface area contributed by atoms with Crippen LogP contribution in [0.4, 0.5) is 11.4 Å². The van der Waals surface area contributed by atoms with Crippen LogP contribution < -0.4 is 11.5 Å². The minimum atomic E-state index is 0.472. The molecule has 0 bridgehead atoms. The Balaban J connectivity index is 3.20. The summed E-state index contributed by atoms with van der Waals surface area (Å²) in [4.78, 5) is 2.45. The van der Waals surface area contributed by atoms with Crippen LogP contribution >= 0.6 is 11.3 Å². The lowest BCUT2D eigenvalue weighted by molar-refractivity contribution is 0.890. The van der Waals surface area contributed by atoms with Crippen LogP contribution in [-0.4, -0.2) is 0 Å². The molecule has 0 saturated carbocycles. The lowest BCUT2D eigenvalue weighted by Crippen LogP contribution is -1.96. The third-order valence-corrected chi connectivity index (χ3v) is 3.91. The summed E-state index contributed by atoms with van der Waals surface area (Å²) in [5.74, 6) is 0.944. The standard InChI is InChI=1S/C10H18N2S/c1-5(2)9-7(11)8(12)10(13-9)6(3)4/h5-6H,11-12H2,1-4H3. The van der Waals surface area contributed by atoms with Crippen molar-refractivity contribution in [2.45, 2.75) is 39.5 Å². The van der Waals surface area contributed by atoms with Crippen molar-refractivity contribution in [1.82, 2.24) is 0 Å². The van der Waals surface area contributed by atoms with Gasteiger partial charge in [0.05, 0.1) is 11.4 Å². The predicted octanol–water partition coefficient (Wildman–Crippen LogP) is 3.16. The molecule has 0 aliphatic heterocycles. The summed E-state index contributed by atoms with van der Waals surface area (Å²) in [6.45, 7) is 8.58. The summed E-state index contributed by atoms with van der Waals surface area (Å²) in [7, 11) is 0. The maximum absolute atomic E-state index is 5.93. The number of nitrogens with two attached hydrogens (primary N) is 2. The topological polar surface area (TPSA) is 52.0 Å². The summed E-state index contributed by atoms with van der Waals surface area (Å²) >= 11 is 1.75. The van der Waals surface area contributed by atoms with Crippen molar-refractivity contribution in [3.05, 3.63) is 9.75 Å². The Kier molecular flexibility index (Phi) is 2.86. The van der Waals surface area contributed by atoms with Crippen LogP contribution in [0.3, 0.4) is 0 Å². The third kappa shape index (κ3) is 1.80. The number of thiophene rings is 1. The van der Waals surface area contributed by atoms with Crippen LogP contribution in [0.5, 0.6) is 0 Å². The Morgan fingerprint density at radius 3 is 1.31 bits per heavy atom. The molecular weight excluding hydrogens is 180 g/mol. The van der Waals surface area contributed by atoms with Crippen LogP contribution in [0.25, 0.3) is 0 Å². The molecule has 0 fully saturated rings. The van der Waals surface area contributed by atoms with Gasteiger partial charge in [0.25, 0.3) is 0 Å². The molecule has 0 aliphatic rings. The average molecular weight is 198 g/mol. The molecule has 13 heavy (non-hydrogen) atoms. The lowest BCUT2D eigenvalue weighted by atomic mass is 10.1. The Morgan fingerprint density at radius 1 is 0.846 bits per heavy atom. The molecule has 0 saturated heterocycles. The second kappa shape index (κ2) is 3.58. The largest absolute Gasteiger partial charge is 0.396 e. The van der Waals surface area contributed by atoms with Crippen molar-refractivity contribution < 1.29 is 0 Å². The molecule has 1 aromatic heterocycles. The van der Waals surface area contributed by atoms with Crippen molar-refractivity contribution >= 4 is 22.7 Å². The van der Waals surface area contributed by atoms with Gasteiger partial charge in [-0.05, 0) is 11.8 Å². The highest BCUT2D eigenvalue weighted by atomic mass is 32.1. The molecule has 1 rings (SSSR count). The van der Waals surface area contributed by atoms with Crippen molar-refractivity contribution in [3.8, 4) is 0 Å². The van der Waals surface area contributed by atoms with Gasteiger partial charge in [0, 0.05) is 9.75 Å². The number of nitrogen functional groups attached to an aromatic ring is 2. The van der Waals surface area contributed by atoms with E-state index in [2.05, 4.69) is 27.7 Å². The van der Waals surface area contributed by atoms with Gasteiger partial charge in [-0.2, -0.15) is 0 Å². The van der Waals surface area contributed by atoms with E-state index in [1.54, 1.807) is 11.3 Å². The SMILES string of the molecule is CC(C)c1sc(C(C)C)c(N)c1N. The fourth-order valence-electron chi connectivity index (χ4n) is 1.35. The fourth-order valence-corrected chi connectivity index (χ4v) is 2.50. The molecule has 3 heteroatoms. The van der Waals surface area contributed by atoms with Crippen molar-refractivity contribution in [1.29, 1.82) is 0 Å². The summed E-state index contributed by atoms with van der Waals surface area (Å²) < 4.78 is 0. The number of anilines is 2. The van der Waals surface area contributed by atoms with E-state index in [1.165, 1.54) is 9.75 Å². The van der Waals surface area contributed by atoms with Gasteiger partial charge >= 0.3 is 0 Å². The Labute approximate surface area is 83.9 Å². The first kappa shape index (κ1) is 10.4. The first-order chi connectivity index (χ1) is 5.95. The second-order valence-corrected chi connectivity index (χ2v) is 5.05. The predicted molar refractivity (Wildman–Crippen MR) is 61.3 cm³/mol. The minimum absolute atomic E-state index is 0.472. The normalized spacial score (nSPS) is 11.5. The van der Waals surface area contributed by atoms with Crippen molar-refractivity contribution in [3.63, 3.8) is 0 Å². The summed E-state index contributed by atoms with van der Waals surface area (Å²) in [6, 6.07) is 0. The van der Waals surface area contributed by atoms with E-state index in [1.807, 2.05) is 0 Å². The summed E-state index contributed by atoms with van der Waals surface area (Å²) in [6.07, 6.45) is 0. The highest BCUT2D eigenvalue weighted by molar-refractivity contribution is 7.13. The minimum Gasteiger partial charge on any atom is -0.396 e. The van der Waals surface area contributed by atoms with Crippen LogP contribution in [0.15, 0.2) is 0 Å². The molecule has 0 aromatic carbocycles. The van der Waals surface area contributed by atoms with E-state index in [0.717, 1.165) is 11.4 Å². The van der Waals surface area contributed by atoms with Gasteiger partial charge in [-0.1, -0.05) is 27.7 Å². The molecule has 0 atom stereocenters. The third-order valence-electron chi connectivity index (χ3n) is 2.09. The fraction of sp³-hybridized carbons (Fsp3) is 0.600. The van der Waals surface area contributed by atoms with Gasteiger partial charge in [-0.15, -0.1) is 11.3 Å². The van der Waals surface area contributed by atoms with E-state index in [-0.39, 0.29) is 0 Å². The number of hydrogen-bond donors (Lipinski definition) is 2. The van der Waals surface area contributed by atoms with Crippen molar-refractivity contribution in [2.24, 2.45) is 0 Å². The first-order valence-corrected chi connectivity index (χ1v) is 5.44. The molecule has 1 aromatic rings. The maximum Gasteiger partial charge on any atom is 0.0695 e. The molecule has 4 N–H and O–H groups in total. The molecule has 0 unspecified atom stereocenters. The molecule has 2 nitrogen and oxygen atoms in total. The molecule has 0 amide bonds. The zero-order valence-corrected chi connectivity index (χ0v) is 9.53. The highest BCUT2D eigenvalue weighted by Crippen LogP contribution is 2.41. The summed E-state index contributed by atoms with van der Waals surface area (Å²) in [5.41, 5.74) is 13.4. The molecule has 0 spiro atoms. The monoisotopic (exact) mass is 198 g/mol. The molecule has 0 radical (unpaired) electrons. The van der Waals surface area contributed by atoms with Gasteiger partial charge in [-0.25, -0.2) is 0 Å². The Hall–Kier alpha value is -0.700. The van der Waals surface area contributed by atoms with Gasteiger partial charge < -0.3 is 11.5 Å². The second-order valence-electron chi connectivity index (χ2n) is 3.97. The molecule has 74 valence electrons. The Morgan fingerprint density at radius 2 is 1.15 bits per heavy atom. The van der Waals surface area contributed by atoms with Gasteiger partial charge in [0.1, 0.15) is 0 Å². The highest BCUT2D eigenvalue weighted by Gasteiger charge is 2.17. The van der Waals surface area contributed by atoms with E-state index in [4.69, 9.17) is 11.5 Å². The number of rotatable bonds is 2. The van der Waals surface area contributed by atoms with Crippen LogP contribution in [0.1, 0.15) is 49.3 Å². The van der Waals surface area contributed by atoms with E-state index < -0.39 is 0 Å². The van der Waals surface area contributed by atoms with E-state index in [9.17, 15) is 0 Å². The van der Waals surface area contributed by atoms with Crippen LogP contribution in [0.2, 0.25) is 0 Å². The molecule has 0 aliphatic carbocycles. The zero-order valence-electron chi connectivity index (χ0n) is 8.72. The molecular formula is C10H18N2S. The van der Waals surface area contributed by atoms with Crippen molar-refractivity contribution in [2.75, 3.05) is 11.5 Å². The van der Waals surface area contributed by atoms with E-state index in [0.29, 0.717) is 11.8 Å². The summed E-state index contributed by atoms with van der Waals surface area (Å²) in [5, 5.41) is 0. The van der Waals surface area contributed by atoms with Crippen LogP contribution in [0, 0.1) is 0 Å². The maximum atomic E-state index is 5.93. The zero-order chi connectivity index (χ0) is 10.2. The molecule has 1 heterocycles. The first-order valence-electron chi connectivity index (χ1n) is 4.62.